The van der Waals surface area contributed by atoms with E-state index < -0.39 is 12.1 Å². The van der Waals surface area contributed by atoms with E-state index in [9.17, 15) is 13.2 Å². The van der Waals surface area contributed by atoms with Crippen molar-refractivity contribution < 1.29 is 17.9 Å². The smallest absolute Gasteiger partial charge is 0.403 e. The van der Waals surface area contributed by atoms with Gasteiger partial charge in [-0.05, 0) is 0 Å². The third-order valence-electron chi connectivity index (χ3n) is 1.54. The summed E-state index contributed by atoms with van der Waals surface area (Å²) >= 11 is 0. The molecule has 0 aromatic carbocycles. The molecular weight excluding hydrogens is 213 g/mol. The standard InChI is InChI=1S/C7H9F3N4O/c8-7(9,10)15-4-1-5(12)14-3(2-11)6(4)13/h1H,2,11,13H2,(H2,12,14). The molecule has 15 heavy (non-hydrogen) atoms. The minimum Gasteiger partial charge on any atom is -0.403 e. The molecule has 0 aliphatic carbocycles. The van der Waals surface area contributed by atoms with Gasteiger partial charge in [0.2, 0.25) is 0 Å². The molecule has 1 aromatic heterocycles. The maximum absolute atomic E-state index is 11.9. The molecule has 5 nitrogen and oxygen atoms in total. The molecule has 6 N–H and O–H groups in total. The summed E-state index contributed by atoms with van der Waals surface area (Å²) in [5.74, 6) is -0.723. The second kappa shape index (κ2) is 3.81. The molecule has 0 fully saturated rings. The van der Waals surface area contributed by atoms with Gasteiger partial charge in [0, 0.05) is 12.6 Å². The van der Waals surface area contributed by atoms with Crippen molar-refractivity contribution in [1.82, 2.24) is 4.98 Å². The number of hydrogen-bond donors (Lipinski definition) is 3. The Morgan fingerprint density at radius 3 is 2.40 bits per heavy atom. The van der Waals surface area contributed by atoms with E-state index in [1.165, 1.54) is 0 Å². The van der Waals surface area contributed by atoms with Gasteiger partial charge in [0.25, 0.3) is 0 Å². The van der Waals surface area contributed by atoms with Gasteiger partial charge in [-0.25, -0.2) is 4.98 Å². The largest absolute Gasteiger partial charge is 0.573 e. The molecule has 0 aliphatic heterocycles. The first-order chi connectivity index (χ1) is 6.83. The molecule has 0 saturated heterocycles. The lowest BCUT2D eigenvalue weighted by atomic mass is 10.2. The Morgan fingerprint density at radius 2 is 1.93 bits per heavy atom. The van der Waals surface area contributed by atoms with Crippen molar-refractivity contribution in [2.45, 2.75) is 12.9 Å². The molecule has 0 unspecified atom stereocenters. The van der Waals surface area contributed by atoms with Gasteiger partial charge in [-0.1, -0.05) is 0 Å². The quantitative estimate of drug-likeness (QED) is 0.680. The van der Waals surface area contributed by atoms with E-state index >= 15 is 0 Å². The van der Waals surface area contributed by atoms with E-state index in [2.05, 4.69) is 9.72 Å². The average molecular weight is 222 g/mol. The Hall–Kier alpha value is -1.70. The van der Waals surface area contributed by atoms with Crippen molar-refractivity contribution in [3.63, 3.8) is 0 Å². The number of halogens is 3. The monoisotopic (exact) mass is 222 g/mol. The predicted octanol–water partition coefficient (Wildman–Crippen LogP) is 0.603. The van der Waals surface area contributed by atoms with Crippen LogP contribution in [0.15, 0.2) is 6.07 Å². The first kappa shape index (κ1) is 11.4. The molecular formula is C7H9F3N4O. The minimum atomic E-state index is -4.83. The average Bonchev–Trinajstić information content (AvgIpc) is 2.08. The normalized spacial score (nSPS) is 11.5. The Labute approximate surface area is 83.0 Å². The van der Waals surface area contributed by atoms with Gasteiger partial charge >= 0.3 is 6.36 Å². The highest BCUT2D eigenvalue weighted by atomic mass is 19.4. The number of rotatable bonds is 2. The number of pyridine rings is 1. The summed E-state index contributed by atoms with van der Waals surface area (Å²) in [6.45, 7) is -0.120. The third-order valence-corrected chi connectivity index (χ3v) is 1.54. The summed E-state index contributed by atoms with van der Waals surface area (Å²) in [6.07, 6.45) is -4.83. The van der Waals surface area contributed by atoms with Gasteiger partial charge in [0.05, 0.1) is 11.4 Å². The second-order valence-electron chi connectivity index (χ2n) is 2.66. The molecule has 0 bridgehead atoms. The van der Waals surface area contributed by atoms with Crippen LogP contribution < -0.4 is 21.9 Å². The number of nitrogen functional groups attached to an aromatic ring is 2. The number of nitrogens with two attached hydrogens (primary N) is 3. The first-order valence-corrected chi connectivity index (χ1v) is 3.84. The van der Waals surface area contributed by atoms with E-state index in [4.69, 9.17) is 17.2 Å². The summed E-state index contributed by atoms with van der Waals surface area (Å²) in [4.78, 5) is 3.66. The molecule has 8 heteroatoms. The van der Waals surface area contributed by atoms with E-state index in [-0.39, 0.29) is 23.7 Å². The van der Waals surface area contributed by atoms with Crippen LogP contribution in [0, 0.1) is 0 Å². The SMILES string of the molecule is NCc1nc(N)cc(OC(F)(F)F)c1N. The number of nitrogens with zero attached hydrogens (tertiary/aromatic N) is 1. The molecule has 0 spiro atoms. The summed E-state index contributed by atoms with van der Waals surface area (Å²) in [5, 5.41) is 0. The number of anilines is 2. The van der Waals surface area contributed by atoms with Crippen molar-refractivity contribution in [2.24, 2.45) is 5.73 Å². The molecule has 0 amide bonds. The Balaban J connectivity index is 3.12. The first-order valence-electron chi connectivity index (χ1n) is 3.84. The van der Waals surface area contributed by atoms with Crippen LogP contribution in [0.25, 0.3) is 0 Å². The van der Waals surface area contributed by atoms with Crippen LogP contribution in [-0.4, -0.2) is 11.3 Å². The van der Waals surface area contributed by atoms with Crippen LogP contribution in [0.2, 0.25) is 0 Å². The number of aromatic nitrogens is 1. The fraction of sp³-hybridized carbons (Fsp3) is 0.286. The highest BCUT2D eigenvalue weighted by Crippen LogP contribution is 2.31. The molecule has 1 aromatic rings. The van der Waals surface area contributed by atoms with Gasteiger partial charge < -0.3 is 21.9 Å². The van der Waals surface area contributed by atoms with Gasteiger partial charge in [0.1, 0.15) is 5.82 Å². The predicted molar refractivity (Wildman–Crippen MR) is 47.6 cm³/mol. The zero-order valence-corrected chi connectivity index (χ0v) is 7.51. The molecule has 0 saturated carbocycles. The van der Waals surface area contributed by atoms with Crippen LogP contribution in [0.1, 0.15) is 5.69 Å². The van der Waals surface area contributed by atoms with E-state index in [0.717, 1.165) is 6.07 Å². The Bertz CT molecular complexity index is 366. The van der Waals surface area contributed by atoms with Gasteiger partial charge in [-0.15, -0.1) is 13.2 Å². The van der Waals surface area contributed by atoms with Crippen molar-refractivity contribution in [2.75, 3.05) is 11.5 Å². The summed E-state index contributed by atoms with van der Waals surface area (Å²) < 4.78 is 39.4. The summed E-state index contributed by atoms with van der Waals surface area (Å²) in [6, 6.07) is 0.891. The number of hydrogen-bond acceptors (Lipinski definition) is 5. The fourth-order valence-electron chi connectivity index (χ4n) is 0.967. The maximum Gasteiger partial charge on any atom is 0.573 e. The summed E-state index contributed by atoms with van der Waals surface area (Å²) in [5.41, 5.74) is 15.6. The van der Waals surface area contributed by atoms with Crippen LogP contribution in [0.5, 0.6) is 5.75 Å². The molecule has 0 radical (unpaired) electrons. The van der Waals surface area contributed by atoms with Crippen molar-refractivity contribution in [1.29, 1.82) is 0 Å². The van der Waals surface area contributed by atoms with Gasteiger partial charge in [-0.3, -0.25) is 0 Å². The highest BCUT2D eigenvalue weighted by Gasteiger charge is 2.32. The zero-order chi connectivity index (χ0) is 11.6. The van der Waals surface area contributed by atoms with Crippen LogP contribution in [0.4, 0.5) is 24.7 Å². The lowest BCUT2D eigenvalue weighted by Gasteiger charge is -2.13. The van der Waals surface area contributed by atoms with Crippen LogP contribution in [0.3, 0.4) is 0 Å². The van der Waals surface area contributed by atoms with Crippen LogP contribution >= 0.6 is 0 Å². The maximum atomic E-state index is 11.9. The highest BCUT2D eigenvalue weighted by molar-refractivity contribution is 5.60. The van der Waals surface area contributed by atoms with Crippen molar-refractivity contribution in [3.05, 3.63) is 11.8 Å². The molecule has 0 aliphatic rings. The zero-order valence-electron chi connectivity index (χ0n) is 7.51. The van der Waals surface area contributed by atoms with Gasteiger partial charge in [0.15, 0.2) is 5.75 Å². The Morgan fingerprint density at radius 1 is 1.33 bits per heavy atom. The Kier molecular flexibility index (Phi) is 2.89. The molecule has 84 valence electrons. The second-order valence-corrected chi connectivity index (χ2v) is 2.66. The summed E-state index contributed by atoms with van der Waals surface area (Å²) in [7, 11) is 0. The topological polar surface area (TPSA) is 100 Å². The number of alkyl halides is 3. The number of ether oxygens (including phenoxy) is 1. The van der Waals surface area contributed by atoms with E-state index in [1.807, 2.05) is 0 Å². The minimum absolute atomic E-state index is 0.0641. The molecule has 0 atom stereocenters. The van der Waals surface area contributed by atoms with Crippen molar-refractivity contribution in [3.8, 4) is 5.75 Å². The fourth-order valence-corrected chi connectivity index (χ4v) is 0.967. The molecule has 1 heterocycles. The van der Waals surface area contributed by atoms with Crippen molar-refractivity contribution >= 4 is 11.5 Å². The molecule has 1 rings (SSSR count). The van der Waals surface area contributed by atoms with E-state index in [1.54, 1.807) is 0 Å². The van der Waals surface area contributed by atoms with Crippen LogP contribution in [-0.2, 0) is 6.54 Å². The van der Waals surface area contributed by atoms with Gasteiger partial charge in [-0.2, -0.15) is 0 Å². The lowest BCUT2D eigenvalue weighted by molar-refractivity contribution is -0.274. The van der Waals surface area contributed by atoms with E-state index in [0.29, 0.717) is 0 Å². The lowest BCUT2D eigenvalue weighted by Crippen LogP contribution is -2.19. The third kappa shape index (κ3) is 2.88.